The number of carbonyl (C=O) groups excluding carboxylic acids is 1. The van der Waals surface area contributed by atoms with Gasteiger partial charge < -0.3 is 9.80 Å². The fraction of sp³-hybridized carbons (Fsp3) is 0.822. The van der Waals surface area contributed by atoms with Crippen molar-refractivity contribution in [2.45, 2.75) is 188 Å². The smallest absolute Gasteiger partial charge is 0.253 e. The first kappa shape index (κ1) is 39.4. The molecule has 290 valence electrons. The van der Waals surface area contributed by atoms with Gasteiger partial charge in [-0.15, -0.1) is 5.10 Å². The highest BCUT2D eigenvalue weighted by Gasteiger charge is 2.58. The molecule has 7 rings (SSSR count). The summed E-state index contributed by atoms with van der Waals surface area (Å²) < 4.78 is 3.06. The number of amides is 1. The van der Waals surface area contributed by atoms with Crippen LogP contribution in [0.5, 0.6) is 0 Å². The third kappa shape index (κ3) is 7.15. The second-order valence-electron chi connectivity index (χ2n) is 21.3. The summed E-state index contributed by atoms with van der Waals surface area (Å²) in [6.45, 7) is 25.9. The van der Waals surface area contributed by atoms with Crippen molar-refractivity contribution in [2.24, 2.45) is 29.2 Å². The SMILES string of the molecule is CC[N+]1(C)C2(C)CCCC(C)(c3cc(C(=O)NCC4CCCC5(C)CC(C)(CC(C)(C)CC4)C5)c(-c4c(C)nn(C)c4C)nn3)CCC1(C)CCC2. The fourth-order valence-electron chi connectivity index (χ4n) is 13.1. The summed E-state index contributed by atoms with van der Waals surface area (Å²) in [5.41, 5.74) is 6.83. The number of nitrogens with zero attached hydrogens (tertiary/aromatic N) is 5. The number of fused-ring (bicyclic) bond motifs is 9. The molecule has 2 aromatic rings. The molecule has 5 aliphatic rings. The molecule has 52 heavy (non-hydrogen) atoms. The summed E-state index contributed by atoms with van der Waals surface area (Å²) in [6.07, 6.45) is 19.7. The van der Waals surface area contributed by atoms with Crippen LogP contribution in [-0.4, -0.2) is 61.6 Å². The van der Waals surface area contributed by atoms with Crippen molar-refractivity contribution in [3.63, 3.8) is 0 Å². The number of aryl methyl sites for hydroxylation is 2. The Balaban J connectivity index is 1.29. The Morgan fingerprint density at radius 1 is 0.827 bits per heavy atom. The summed E-state index contributed by atoms with van der Waals surface area (Å²) in [5.74, 6) is 0.468. The zero-order valence-electron chi connectivity index (χ0n) is 35.5. The topological polar surface area (TPSA) is 72.7 Å². The van der Waals surface area contributed by atoms with Crippen molar-refractivity contribution in [3.8, 4) is 11.3 Å². The largest absolute Gasteiger partial charge is 0.352 e. The molecule has 3 aliphatic carbocycles. The molecule has 1 amide bonds. The van der Waals surface area contributed by atoms with E-state index in [1.54, 1.807) is 0 Å². The summed E-state index contributed by atoms with van der Waals surface area (Å²) in [7, 11) is 4.52. The van der Waals surface area contributed by atoms with Crippen LogP contribution >= 0.6 is 0 Å². The van der Waals surface area contributed by atoms with Crippen LogP contribution in [0.2, 0.25) is 0 Å². The number of aromatic nitrogens is 4. The van der Waals surface area contributed by atoms with E-state index in [9.17, 15) is 4.79 Å². The minimum absolute atomic E-state index is 0.0127. The van der Waals surface area contributed by atoms with Gasteiger partial charge in [-0.25, -0.2) is 0 Å². The molecule has 0 spiro atoms. The summed E-state index contributed by atoms with van der Waals surface area (Å²) in [6, 6.07) is 2.14. The average Bonchev–Trinajstić information content (AvgIpc) is 3.30. The molecule has 5 unspecified atom stereocenters. The maximum absolute atomic E-state index is 14.6. The normalized spacial score (nSPS) is 38.2. The molecule has 3 saturated carbocycles. The molecule has 7 nitrogen and oxygen atoms in total. The molecule has 7 heteroatoms. The molecule has 5 fully saturated rings. The predicted octanol–water partition coefficient (Wildman–Crippen LogP) is 10.4. The van der Waals surface area contributed by atoms with E-state index in [1.807, 2.05) is 18.7 Å². The lowest BCUT2D eigenvalue weighted by Crippen LogP contribution is -2.72. The monoisotopic (exact) mass is 716 g/mol. The van der Waals surface area contributed by atoms with E-state index < -0.39 is 0 Å². The Bertz CT molecular complexity index is 1640. The van der Waals surface area contributed by atoms with Crippen LogP contribution < -0.4 is 5.32 Å². The van der Waals surface area contributed by atoms with Crippen molar-refractivity contribution >= 4 is 5.91 Å². The van der Waals surface area contributed by atoms with Crippen LogP contribution in [-0.2, 0) is 12.5 Å². The van der Waals surface area contributed by atoms with Gasteiger partial charge in [-0.1, -0.05) is 41.0 Å². The first-order valence-corrected chi connectivity index (χ1v) is 21.2. The van der Waals surface area contributed by atoms with Crippen molar-refractivity contribution in [1.29, 1.82) is 0 Å². The first-order valence-electron chi connectivity index (χ1n) is 21.2. The van der Waals surface area contributed by atoms with Crippen LogP contribution in [0.1, 0.15) is 186 Å². The molecule has 5 atom stereocenters. The van der Waals surface area contributed by atoms with E-state index in [2.05, 4.69) is 80.7 Å². The Morgan fingerprint density at radius 2 is 1.48 bits per heavy atom. The van der Waals surface area contributed by atoms with Crippen LogP contribution in [0.3, 0.4) is 0 Å². The molecule has 0 radical (unpaired) electrons. The predicted molar refractivity (Wildman–Crippen MR) is 214 cm³/mol. The van der Waals surface area contributed by atoms with Gasteiger partial charge in [0.05, 0.1) is 41.6 Å². The molecular weight excluding hydrogens is 641 g/mol. The Hall–Kier alpha value is -2.28. The Kier molecular flexibility index (Phi) is 10.4. The van der Waals surface area contributed by atoms with Gasteiger partial charge in [0.1, 0.15) is 5.69 Å². The van der Waals surface area contributed by atoms with Gasteiger partial charge >= 0.3 is 0 Å². The van der Waals surface area contributed by atoms with Crippen LogP contribution in [0, 0.1) is 36.0 Å². The number of nitrogens with one attached hydrogen (secondary N) is 1. The summed E-state index contributed by atoms with van der Waals surface area (Å²) in [4.78, 5) is 14.6. The van der Waals surface area contributed by atoms with Crippen LogP contribution in [0.15, 0.2) is 6.07 Å². The standard InChI is InChI=1S/C45H74N6O/c1-13-51(12)44(9)21-15-20-43(8,25-26-45(51,10)23-16-22-44)36-27-35(38(48-47-36)37-32(2)49-50(11)33(37)3)39(52)46-28-34-17-14-19-41(6)30-42(7,31-41)29-40(4,5)24-18-34/h27,34H,13-26,28-31H2,1-12H3/p+1. The van der Waals surface area contributed by atoms with Gasteiger partial charge in [-0.2, -0.15) is 10.2 Å². The van der Waals surface area contributed by atoms with Gasteiger partial charge in [0.2, 0.25) is 0 Å². The second kappa shape index (κ2) is 13.8. The molecular formula is C45H75N6O+. The number of carbonyl (C=O) groups is 1. The highest BCUT2D eigenvalue weighted by Crippen LogP contribution is 2.61. The van der Waals surface area contributed by atoms with Crippen LogP contribution in [0.25, 0.3) is 11.3 Å². The van der Waals surface area contributed by atoms with E-state index in [4.69, 9.17) is 15.3 Å². The molecule has 2 saturated heterocycles. The molecule has 2 aliphatic heterocycles. The molecule has 4 heterocycles. The van der Waals surface area contributed by atoms with Crippen LogP contribution in [0.4, 0.5) is 0 Å². The van der Waals surface area contributed by atoms with Crippen molar-refractivity contribution in [3.05, 3.63) is 28.7 Å². The average molecular weight is 716 g/mol. The molecule has 2 aromatic heterocycles. The van der Waals surface area contributed by atoms with Gasteiger partial charge in [0.25, 0.3) is 5.91 Å². The van der Waals surface area contributed by atoms with E-state index in [-0.39, 0.29) is 16.9 Å². The highest BCUT2D eigenvalue weighted by molar-refractivity contribution is 6.00. The first-order chi connectivity index (χ1) is 24.2. The van der Waals surface area contributed by atoms with E-state index >= 15 is 0 Å². The molecule has 4 bridgehead atoms. The van der Waals surface area contributed by atoms with E-state index in [0.717, 1.165) is 46.4 Å². The van der Waals surface area contributed by atoms with Gasteiger partial charge in [-0.05, 0) is 133 Å². The third-order valence-electron chi connectivity index (χ3n) is 16.3. The highest BCUT2D eigenvalue weighted by atomic mass is 16.1. The van der Waals surface area contributed by atoms with Crippen molar-refractivity contribution in [1.82, 2.24) is 25.3 Å². The quantitative estimate of drug-likeness (QED) is 0.302. The molecule has 0 aromatic carbocycles. The zero-order valence-corrected chi connectivity index (χ0v) is 35.5. The van der Waals surface area contributed by atoms with Gasteiger partial charge in [0.15, 0.2) is 0 Å². The number of quaternary nitrogens is 1. The van der Waals surface area contributed by atoms with Gasteiger partial charge in [-0.3, -0.25) is 9.48 Å². The lowest BCUT2D eigenvalue weighted by Gasteiger charge is -2.62. The summed E-state index contributed by atoms with van der Waals surface area (Å²) >= 11 is 0. The maximum atomic E-state index is 14.6. The lowest BCUT2D eigenvalue weighted by atomic mass is 9.49. The lowest BCUT2D eigenvalue weighted by molar-refractivity contribution is -1.01. The Labute approximate surface area is 317 Å². The number of hydrogen-bond donors (Lipinski definition) is 1. The number of rotatable bonds is 6. The molecule has 1 N–H and O–H groups in total. The van der Waals surface area contributed by atoms with E-state index in [1.165, 1.54) is 90.0 Å². The van der Waals surface area contributed by atoms with Gasteiger partial charge in [0, 0.05) is 55.9 Å². The maximum Gasteiger partial charge on any atom is 0.253 e. The van der Waals surface area contributed by atoms with E-state index in [0.29, 0.717) is 45.5 Å². The number of piperidine rings is 1. The summed E-state index contributed by atoms with van der Waals surface area (Å²) in [5, 5.41) is 18.2. The van der Waals surface area contributed by atoms with Crippen molar-refractivity contribution < 1.29 is 9.28 Å². The zero-order chi connectivity index (χ0) is 38.0. The fourth-order valence-corrected chi connectivity index (χ4v) is 13.1. The third-order valence-corrected chi connectivity index (χ3v) is 16.3. The minimum atomic E-state index is -0.150. The second-order valence-corrected chi connectivity index (χ2v) is 21.3. The minimum Gasteiger partial charge on any atom is -0.352 e. The number of hydrogen-bond acceptors (Lipinski definition) is 4. The Morgan fingerprint density at radius 3 is 2.12 bits per heavy atom. The van der Waals surface area contributed by atoms with Crippen molar-refractivity contribution in [2.75, 3.05) is 20.1 Å².